The lowest BCUT2D eigenvalue weighted by atomic mass is 9.96. The van der Waals surface area contributed by atoms with E-state index in [2.05, 4.69) is 20.9 Å². The highest BCUT2D eigenvalue weighted by molar-refractivity contribution is 9.10. The molecule has 0 aromatic carbocycles. The van der Waals surface area contributed by atoms with Crippen LogP contribution in [0.2, 0.25) is 0 Å². The van der Waals surface area contributed by atoms with Crippen molar-refractivity contribution in [2.75, 3.05) is 6.26 Å². The number of hydrogen-bond donors (Lipinski definition) is 0. The quantitative estimate of drug-likeness (QED) is 0.744. The highest BCUT2D eigenvalue weighted by Crippen LogP contribution is 2.27. The molecule has 0 N–H and O–H groups in total. The average Bonchev–Trinajstić information content (AvgIpc) is 2.15. The first-order valence-corrected chi connectivity index (χ1v) is 7.55. The van der Waals surface area contributed by atoms with Crippen LogP contribution in [0.25, 0.3) is 0 Å². The van der Waals surface area contributed by atoms with Gasteiger partial charge < -0.3 is 0 Å². The third-order valence-electron chi connectivity index (χ3n) is 2.62. The Hall–Kier alpha value is -0.420. The zero-order chi connectivity index (χ0) is 11.1. The molecule has 15 heavy (non-hydrogen) atoms. The predicted molar refractivity (Wildman–Crippen MR) is 61.7 cm³/mol. The van der Waals surface area contributed by atoms with Crippen molar-refractivity contribution in [3.63, 3.8) is 0 Å². The van der Waals surface area contributed by atoms with E-state index >= 15 is 0 Å². The Bertz CT molecular complexity index is 496. The molecule has 1 aromatic rings. The van der Waals surface area contributed by atoms with Gasteiger partial charge in [-0.3, -0.25) is 0 Å². The SMILES string of the molecule is CS(=O)(=O)c1cc2c(nc1Br)CCCC2. The first kappa shape index (κ1) is 11.1. The number of nitrogens with zero attached hydrogens (tertiary/aromatic N) is 1. The summed E-state index contributed by atoms with van der Waals surface area (Å²) in [6, 6.07) is 1.76. The summed E-state index contributed by atoms with van der Waals surface area (Å²) in [6.07, 6.45) is 5.38. The third-order valence-corrected chi connectivity index (χ3v) is 4.60. The van der Waals surface area contributed by atoms with Crippen molar-refractivity contribution in [1.82, 2.24) is 4.98 Å². The van der Waals surface area contributed by atoms with Gasteiger partial charge >= 0.3 is 0 Å². The van der Waals surface area contributed by atoms with Crippen LogP contribution >= 0.6 is 15.9 Å². The molecule has 1 heterocycles. The largest absolute Gasteiger partial charge is 0.244 e. The topological polar surface area (TPSA) is 47.0 Å². The van der Waals surface area contributed by atoms with Gasteiger partial charge in [0.25, 0.3) is 0 Å². The van der Waals surface area contributed by atoms with Crippen molar-refractivity contribution in [2.24, 2.45) is 0 Å². The fraction of sp³-hybridized carbons (Fsp3) is 0.500. The Labute approximate surface area is 98.0 Å². The molecule has 0 saturated heterocycles. The maximum Gasteiger partial charge on any atom is 0.178 e. The Morgan fingerprint density at radius 2 is 2.00 bits per heavy atom. The predicted octanol–water partition coefficient (Wildman–Crippen LogP) is 2.13. The van der Waals surface area contributed by atoms with E-state index in [0.29, 0.717) is 9.50 Å². The van der Waals surface area contributed by atoms with Crippen LogP contribution in [-0.2, 0) is 22.7 Å². The lowest BCUT2D eigenvalue weighted by Gasteiger charge is -2.16. The highest BCUT2D eigenvalue weighted by Gasteiger charge is 2.18. The standard InChI is InChI=1S/C10H12BrNO2S/c1-15(13,14)9-6-7-4-2-3-5-8(7)12-10(9)11/h6H,2-5H2,1H3. The number of rotatable bonds is 1. The van der Waals surface area contributed by atoms with Gasteiger partial charge in [0.2, 0.25) is 0 Å². The molecule has 0 spiro atoms. The second-order valence-corrected chi connectivity index (χ2v) is 6.60. The Balaban J connectivity index is 2.60. The van der Waals surface area contributed by atoms with E-state index in [0.717, 1.165) is 36.9 Å². The molecule has 82 valence electrons. The molecule has 0 amide bonds. The zero-order valence-corrected chi connectivity index (χ0v) is 10.9. The normalized spacial score (nSPS) is 16.1. The van der Waals surface area contributed by atoms with E-state index in [1.165, 1.54) is 6.26 Å². The smallest absolute Gasteiger partial charge is 0.178 e. The molecule has 0 radical (unpaired) electrons. The summed E-state index contributed by atoms with van der Waals surface area (Å²) in [5.41, 5.74) is 2.13. The molecule has 0 atom stereocenters. The van der Waals surface area contributed by atoms with Crippen molar-refractivity contribution in [2.45, 2.75) is 30.6 Å². The van der Waals surface area contributed by atoms with E-state index in [1.807, 2.05) is 0 Å². The minimum absolute atomic E-state index is 0.308. The van der Waals surface area contributed by atoms with Crippen LogP contribution in [0.4, 0.5) is 0 Å². The van der Waals surface area contributed by atoms with Crippen LogP contribution in [0.5, 0.6) is 0 Å². The average molecular weight is 290 g/mol. The molecular weight excluding hydrogens is 278 g/mol. The van der Waals surface area contributed by atoms with Crippen LogP contribution in [-0.4, -0.2) is 19.7 Å². The highest BCUT2D eigenvalue weighted by atomic mass is 79.9. The number of halogens is 1. The molecule has 5 heteroatoms. The van der Waals surface area contributed by atoms with Gasteiger partial charge in [0.15, 0.2) is 9.84 Å². The van der Waals surface area contributed by atoms with Crippen molar-refractivity contribution in [3.05, 3.63) is 21.9 Å². The van der Waals surface area contributed by atoms with Crippen LogP contribution in [0.15, 0.2) is 15.6 Å². The summed E-state index contributed by atoms with van der Waals surface area (Å²) >= 11 is 3.22. The zero-order valence-electron chi connectivity index (χ0n) is 8.46. The minimum atomic E-state index is -3.18. The van der Waals surface area contributed by atoms with Crippen molar-refractivity contribution >= 4 is 25.8 Å². The van der Waals surface area contributed by atoms with Gasteiger partial charge in [0.05, 0.1) is 4.90 Å². The number of aryl methyl sites for hydroxylation is 2. The first-order chi connectivity index (χ1) is 6.98. The number of pyridine rings is 1. The first-order valence-electron chi connectivity index (χ1n) is 4.87. The molecule has 0 fully saturated rings. The summed E-state index contributed by atoms with van der Waals surface area (Å²) in [5, 5.41) is 0. The Morgan fingerprint density at radius 1 is 1.33 bits per heavy atom. The van der Waals surface area contributed by atoms with Gasteiger partial charge in [0, 0.05) is 11.9 Å². The third kappa shape index (κ3) is 2.23. The van der Waals surface area contributed by atoms with Gasteiger partial charge in [-0.25, -0.2) is 13.4 Å². The summed E-state index contributed by atoms with van der Waals surface area (Å²) in [6.45, 7) is 0. The lowest BCUT2D eigenvalue weighted by Crippen LogP contribution is -2.09. The van der Waals surface area contributed by atoms with Gasteiger partial charge in [0.1, 0.15) is 4.60 Å². The minimum Gasteiger partial charge on any atom is -0.244 e. The maximum atomic E-state index is 11.5. The summed E-state index contributed by atoms with van der Waals surface area (Å²) in [4.78, 5) is 4.63. The van der Waals surface area contributed by atoms with E-state index in [-0.39, 0.29) is 0 Å². The van der Waals surface area contributed by atoms with Crippen LogP contribution in [0, 0.1) is 0 Å². The van der Waals surface area contributed by atoms with E-state index in [9.17, 15) is 8.42 Å². The molecule has 1 aromatic heterocycles. The Kier molecular flexibility index (Phi) is 2.85. The van der Waals surface area contributed by atoms with E-state index in [4.69, 9.17) is 0 Å². The maximum absolute atomic E-state index is 11.5. The lowest BCUT2D eigenvalue weighted by molar-refractivity contribution is 0.599. The molecule has 0 aliphatic heterocycles. The van der Waals surface area contributed by atoms with Gasteiger partial charge in [-0.15, -0.1) is 0 Å². The molecule has 0 unspecified atom stereocenters. The molecule has 2 rings (SSSR count). The number of hydrogen-bond acceptors (Lipinski definition) is 3. The van der Waals surface area contributed by atoms with Crippen molar-refractivity contribution in [3.8, 4) is 0 Å². The molecular formula is C10H12BrNO2S. The number of sulfone groups is 1. The van der Waals surface area contributed by atoms with E-state index in [1.54, 1.807) is 6.07 Å². The van der Waals surface area contributed by atoms with Crippen molar-refractivity contribution in [1.29, 1.82) is 0 Å². The molecule has 1 aliphatic carbocycles. The second-order valence-electron chi connectivity index (χ2n) is 3.86. The Morgan fingerprint density at radius 3 is 2.67 bits per heavy atom. The number of fused-ring (bicyclic) bond motifs is 1. The number of aromatic nitrogens is 1. The van der Waals surface area contributed by atoms with E-state index < -0.39 is 9.84 Å². The second kappa shape index (κ2) is 3.87. The fourth-order valence-electron chi connectivity index (χ4n) is 1.85. The van der Waals surface area contributed by atoms with Crippen LogP contribution < -0.4 is 0 Å². The summed E-state index contributed by atoms with van der Waals surface area (Å²) in [7, 11) is -3.18. The van der Waals surface area contributed by atoms with Gasteiger partial charge in [-0.2, -0.15) is 0 Å². The monoisotopic (exact) mass is 289 g/mol. The molecule has 0 bridgehead atoms. The summed E-state index contributed by atoms with van der Waals surface area (Å²) in [5.74, 6) is 0. The van der Waals surface area contributed by atoms with Gasteiger partial charge in [-0.05, 0) is 53.2 Å². The molecule has 3 nitrogen and oxygen atoms in total. The summed E-state index contributed by atoms with van der Waals surface area (Å²) < 4.78 is 23.4. The van der Waals surface area contributed by atoms with Crippen LogP contribution in [0.3, 0.4) is 0 Å². The van der Waals surface area contributed by atoms with Crippen molar-refractivity contribution < 1.29 is 8.42 Å². The molecule has 1 aliphatic rings. The molecule has 0 saturated carbocycles. The fourth-order valence-corrected chi connectivity index (χ4v) is 3.77. The van der Waals surface area contributed by atoms with Crippen LogP contribution in [0.1, 0.15) is 24.1 Å². The van der Waals surface area contributed by atoms with Gasteiger partial charge in [-0.1, -0.05) is 0 Å².